The first kappa shape index (κ1) is 12.2. The summed E-state index contributed by atoms with van der Waals surface area (Å²) >= 11 is 0. The molecule has 0 saturated heterocycles. The minimum Gasteiger partial charge on any atom is -0.374 e. The average molecular weight is 210 g/mol. The van der Waals surface area contributed by atoms with E-state index >= 15 is 0 Å². The van der Waals surface area contributed by atoms with Crippen LogP contribution in [-0.2, 0) is 0 Å². The van der Waals surface area contributed by atoms with E-state index in [2.05, 4.69) is 11.6 Å². The molecule has 0 spiro atoms. The molecule has 0 saturated carbocycles. The van der Waals surface area contributed by atoms with Crippen molar-refractivity contribution in [2.75, 3.05) is 13.1 Å². The minimum atomic E-state index is -0.389. The fraction of sp³-hybridized carbons (Fsp3) is 0.750. The highest BCUT2D eigenvalue weighted by atomic mass is 16.3. The van der Waals surface area contributed by atoms with Crippen molar-refractivity contribution in [3.8, 4) is 0 Å². The van der Waals surface area contributed by atoms with E-state index in [-0.39, 0.29) is 6.23 Å². The first-order valence-corrected chi connectivity index (χ1v) is 5.84. The van der Waals surface area contributed by atoms with Crippen LogP contribution in [0.2, 0.25) is 0 Å². The number of allylic oxidation sites excluding steroid dienone is 1. The second kappa shape index (κ2) is 6.62. The molecule has 1 rings (SSSR count). The van der Waals surface area contributed by atoms with Crippen molar-refractivity contribution in [3.05, 3.63) is 12.7 Å². The topological polar surface area (TPSA) is 35.8 Å². The van der Waals surface area contributed by atoms with E-state index in [0.29, 0.717) is 0 Å². The fourth-order valence-electron chi connectivity index (χ4n) is 1.88. The Morgan fingerprint density at radius 2 is 2.33 bits per heavy atom. The summed E-state index contributed by atoms with van der Waals surface area (Å²) in [6, 6.07) is 0. The standard InChI is InChI=1S/C12H22N2O/c1-3-4-5-6-7-8-12-13-9-10-14(12)11(2)15/h3,11,15H,1,4-10H2,2H3. The molecule has 86 valence electrons. The van der Waals surface area contributed by atoms with E-state index in [0.717, 1.165) is 38.2 Å². The Morgan fingerprint density at radius 1 is 1.53 bits per heavy atom. The van der Waals surface area contributed by atoms with E-state index in [4.69, 9.17) is 0 Å². The normalized spacial score (nSPS) is 17.7. The number of rotatable bonds is 7. The van der Waals surface area contributed by atoms with Crippen molar-refractivity contribution in [2.45, 2.75) is 45.3 Å². The van der Waals surface area contributed by atoms with E-state index in [9.17, 15) is 5.11 Å². The van der Waals surface area contributed by atoms with Gasteiger partial charge in [-0.05, 0) is 26.2 Å². The molecular formula is C12H22N2O. The molecule has 0 aromatic carbocycles. The summed E-state index contributed by atoms with van der Waals surface area (Å²) in [7, 11) is 0. The zero-order chi connectivity index (χ0) is 11.1. The Labute approximate surface area is 92.5 Å². The number of aliphatic hydroxyl groups is 1. The van der Waals surface area contributed by atoms with Crippen molar-refractivity contribution >= 4 is 5.84 Å². The molecule has 1 N–H and O–H groups in total. The highest BCUT2D eigenvalue weighted by Crippen LogP contribution is 2.12. The van der Waals surface area contributed by atoms with Crippen LogP contribution in [-0.4, -0.2) is 35.2 Å². The van der Waals surface area contributed by atoms with Crippen LogP contribution in [0.1, 0.15) is 39.0 Å². The van der Waals surface area contributed by atoms with Gasteiger partial charge in [-0.25, -0.2) is 0 Å². The maximum atomic E-state index is 9.50. The van der Waals surface area contributed by atoms with Crippen LogP contribution in [0, 0.1) is 0 Å². The zero-order valence-electron chi connectivity index (χ0n) is 9.65. The first-order chi connectivity index (χ1) is 7.25. The van der Waals surface area contributed by atoms with Gasteiger partial charge in [0.05, 0.1) is 6.54 Å². The second-order valence-corrected chi connectivity index (χ2v) is 4.01. The molecule has 3 heteroatoms. The molecule has 15 heavy (non-hydrogen) atoms. The lowest BCUT2D eigenvalue weighted by atomic mass is 10.1. The van der Waals surface area contributed by atoms with Crippen molar-refractivity contribution in [2.24, 2.45) is 4.99 Å². The SMILES string of the molecule is C=CCCCCCC1=NCCN1C(C)O. The van der Waals surface area contributed by atoms with Gasteiger partial charge < -0.3 is 10.0 Å². The van der Waals surface area contributed by atoms with Gasteiger partial charge in [0.15, 0.2) is 0 Å². The lowest BCUT2D eigenvalue weighted by Gasteiger charge is -2.23. The zero-order valence-corrected chi connectivity index (χ0v) is 9.65. The molecule has 0 aromatic heterocycles. The molecule has 1 unspecified atom stereocenters. The number of nitrogens with zero attached hydrogens (tertiary/aromatic N) is 2. The third kappa shape index (κ3) is 4.04. The third-order valence-corrected chi connectivity index (χ3v) is 2.73. The van der Waals surface area contributed by atoms with Crippen molar-refractivity contribution < 1.29 is 5.11 Å². The summed E-state index contributed by atoms with van der Waals surface area (Å²) in [6.07, 6.45) is 7.28. The van der Waals surface area contributed by atoms with Crippen LogP contribution in [0.25, 0.3) is 0 Å². The van der Waals surface area contributed by atoms with Crippen LogP contribution in [0.4, 0.5) is 0 Å². The summed E-state index contributed by atoms with van der Waals surface area (Å²) in [6.45, 7) is 7.22. The van der Waals surface area contributed by atoms with Gasteiger partial charge in [-0.15, -0.1) is 6.58 Å². The van der Waals surface area contributed by atoms with Gasteiger partial charge >= 0.3 is 0 Å². The van der Waals surface area contributed by atoms with Gasteiger partial charge in [0.25, 0.3) is 0 Å². The highest BCUT2D eigenvalue weighted by Gasteiger charge is 2.19. The van der Waals surface area contributed by atoms with Crippen molar-refractivity contribution in [3.63, 3.8) is 0 Å². The summed E-state index contributed by atoms with van der Waals surface area (Å²) < 4.78 is 0. The molecule has 1 aliphatic rings. The number of aliphatic hydroxyl groups excluding tert-OH is 1. The van der Waals surface area contributed by atoms with E-state index in [1.807, 2.05) is 11.0 Å². The molecule has 0 bridgehead atoms. The maximum Gasteiger partial charge on any atom is 0.125 e. The second-order valence-electron chi connectivity index (χ2n) is 4.01. The van der Waals surface area contributed by atoms with Gasteiger partial charge in [0.1, 0.15) is 12.1 Å². The van der Waals surface area contributed by atoms with Crippen molar-refractivity contribution in [1.29, 1.82) is 0 Å². The van der Waals surface area contributed by atoms with E-state index < -0.39 is 0 Å². The molecule has 1 atom stereocenters. The summed E-state index contributed by atoms with van der Waals surface area (Å²) in [5.74, 6) is 1.09. The number of aliphatic imine (C=N–C) groups is 1. The lowest BCUT2D eigenvalue weighted by Crippen LogP contribution is -2.35. The predicted octanol–water partition coefficient (Wildman–Crippen LogP) is 2.18. The molecule has 3 nitrogen and oxygen atoms in total. The van der Waals surface area contributed by atoms with Crippen molar-refractivity contribution in [1.82, 2.24) is 4.90 Å². The first-order valence-electron chi connectivity index (χ1n) is 5.84. The Hall–Kier alpha value is -0.830. The molecule has 0 amide bonds. The van der Waals surface area contributed by atoms with Gasteiger partial charge in [-0.2, -0.15) is 0 Å². The largest absolute Gasteiger partial charge is 0.374 e. The Morgan fingerprint density at radius 3 is 3.00 bits per heavy atom. The Bertz CT molecular complexity index is 224. The fourth-order valence-corrected chi connectivity index (χ4v) is 1.88. The smallest absolute Gasteiger partial charge is 0.125 e. The molecule has 0 aromatic rings. The molecule has 0 aliphatic carbocycles. The van der Waals surface area contributed by atoms with Gasteiger partial charge in [-0.1, -0.05) is 12.5 Å². The molecule has 1 aliphatic heterocycles. The number of hydrogen-bond donors (Lipinski definition) is 1. The predicted molar refractivity (Wildman–Crippen MR) is 64.0 cm³/mol. The monoisotopic (exact) mass is 210 g/mol. The van der Waals surface area contributed by atoms with Crippen LogP contribution >= 0.6 is 0 Å². The van der Waals surface area contributed by atoms with Crippen LogP contribution < -0.4 is 0 Å². The van der Waals surface area contributed by atoms with E-state index in [1.165, 1.54) is 12.8 Å². The number of amidine groups is 1. The molecule has 1 heterocycles. The molecule has 0 fully saturated rings. The molecular weight excluding hydrogens is 188 g/mol. The minimum absolute atomic E-state index is 0.389. The summed E-state index contributed by atoms with van der Waals surface area (Å²) in [5.41, 5.74) is 0. The quantitative estimate of drug-likeness (QED) is 0.516. The maximum absolute atomic E-state index is 9.50. The summed E-state index contributed by atoms with van der Waals surface area (Å²) in [4.78, 5) is 6.41. The average Bonchev–Trinajstić information content (AvgIpc) is 2.66. The summed E-state index contributed by atoms with van der Waals surface area (Å²) in [5, 5.41) is 9.50. The van der Waals surface area contributed by atoms with Crippen LogP contribution in [0.3, 0.4) is 0 Å². The Balaban J connectivity index is 2.17. The van der Waals surface area contributed by atoms with Gasteiger partial charge in [-0.3, -0.25) is 4.99 Å². The highest BCUT2D eigenvalue weighted by molar-refractivity contribution is 5.83. The molecule has 0 radical (unpaired) electrons. The van der Waals surface area contributed by atoms with Gasteiger partial charge in [0.2, 0.25) is 0 Å². The van der Waals surface area contributed by atoms with Crippen LogP contribution in [0.5, 0.6) is 0 Å². The Kier molecular flexibility index (Phi) is 5.40. The number of unbranched alkanes of at least 4 members (excludes halogenated alkanes) is 3. The third-order valence-electron chi connectivity index (χ3n) is 2.73. The van der Waals surface area contributed by atoms with Gasteiger partial charge in [0, 0.05) is 13.0 Å². The van der Waals surface area contributed by atoms with E-state index in [1.54, 1.807) is 6.92 Å². The number of hydrogen-bond acceptors (Lipinski definition) is 3. The lowest BCUT2D eigenvalue weighted by molar-refractivity contribution is 0.0766. The van der Waals surface area contributed by atoms with Crippen LogP contribution in [0.15, 0.2) is 17.6 Å².